The van der Waals surface area contributed by atoms with Gasteiger partial charge in [0.25, 0.3) is 5.56 Å². The van der Waals surface area contributed by atoms with Crippen molar-refractivity contribution in [2.75, 3.05) is 19.8 Å². The zero-order chi connectivity index (χ0) is 25.3. The van der Waals surface area contributed by atoms with E-state index in [1.165, 1.54) is 22.9 Å². The summed E-state index contributed by atoms with van der Waals surface area (Å²) in [6, 6.07) is 12.0. The standard InChI is InChI=1S/C25H24ClN3O4S2/c1-16-4-6-20-21(10-16)18(13-28(2)3)14-29(25(20)31)23-8-5-17(12-27-23)11-19(30)15-35(32,33)24-9-7-22(26)34-24/h4-10,12,14H,11,13,15H2,1-3H3. The molecule has 0 N–H and O–H groups in total. The first kappa shape index (κ1) is 25.2. The van der Waals surface area contributed by atoms with E-state index in [0.29, 0.717) is 27.6 Å². The van der Waals surface area contributed by atoms with E-state index in [0.717, 1.165) is 27.8 Å². The van der Waals surface area contributed by atoms with Crippen molar-refractivity contribution in [1.82, 2.24) is 14.5 Å². The molecule has 0 amide bonds. The number of fused-ring (bicyclic) bond motifs is 1. The molecule has 0 saturated heterocycles. The number of benzene rings is 1. The van der Waals surface area contributed by atoms with Crippen molar-refractivity contribution in [3.63, 3.8) is 0 Å². The van der Waals surface area contributed by atoms with Gasteiger partial charge in [-0.15, -0.1) is 11.3 Å². The monoisotopic (exact) mass is 529 g/mol. The summed E-state index contributed by atoms with van der Waals surface area (Å²) in [5.41, 5.74) is 2.45. The normalized spacial score (nSPS) is 11.9. The average molecular weight is 530 g/mol. The Labute approximate surface area is 212 Å². The molecule has 182 valence electrons. The number of sulfone groups is 1. The van der Waals surface area contributed by atoms with Crippen LogP contribution in [0.15, 0.2) is 63.9 Å². The van der Waals surface area contributed by atoms with Crippen LogP contribution >= 0.6 is 22.9 Å². The Hall–Kier alpha value is -2.85. The Morgan fingerprint density at radius 2 is 1.89 bits per heavy atom. The molecule has 10 heteroatoms. The Morgan fingerprint density at radius 1 is 1.11 bits per heavy atom. The summed E-state index contributed by atoms with van der Waals surface area (Å²) in [4.78, 5) is 32.1. The van der Waals surface area contributed by atoms with Crippen molar-refractivity contribution in [2.45, 2.75) is 24.1 Å². The minimum absolute atomic E-state index is 0.0729. The lowest BCUT2D eigenvalue weighted by Gasteiger charge is -2.16. The molecule has 4 rings (SSSR count). The molecule has 0 aliphatic heterocycles. The van der Waals surface area contributed by atoms with Crippen molar-refractivity contribution >= 4 is 49.3 Å². The smallest absolute Gasteiger partial charge is 0.264 e. The number of ketones is 1. The number of pyridine rings is 2. The maximum absolute atomic E-state index is 13.2. The van der Waals surface area contributed by atoms with Crippen LogP contribution in [0.5, 0.6) is 0 Å². The number of aromatic nitrogens is 2. The van der Waals surface area contributed by atoms with Gasteiger partial charge in [-0.1, -0.05) is 35.4 Å². The van der Waals surface area contributed by atoms with Gasteiger partial charge in [0.05, 0.1) is 4.34 Å². The number of rotatable bonds is 8. The summed E-state index contributed by atoms with van der Waals surface area (Å²) >= 11 is 6.74. The molecule has 0 aliphatic carbocycles. The first-order valence-electron chi connectivity index (χ1n) is 10.8. The first-order chi connectivity index (χ1) is 16.5. The van der Waals surface area contributed by atoms with Crippen LogP contribution in [0.2, 0.25) is 4.34 Å². The highest BCUT2D eigenvalue weighted by atomic mass is 35.5. The minimum atomic E-state index is -3.74. The van der Waals surface area contributed by atoms with Crippen LogP contribution in [0.3, 0.4) is 0 Å². The van der Waals surface area contributed by atoms with Crippen LogP contribution in [-0.2, 0) is 27.6 Å². The van der Waals surface area contributed by atoms with Gasteiger partial charge in [-0.2, -0.15) is 0 Å². The zero-order valence-electron chi connectivity index (χ0n) is 19.5. The molecular weight excluding hydrogens is 506 g/mol. The second-order valence-electron chi connectivity index (χ2n) is 8.67. The maximum Gasteiger partial charge on any atom is 0.264 e. The van der Waals surface area contributed by atoms with Gasteiger partial charge < -0.3 is 4.90 Å². The van der Waals surface area contributed by atoms with Crippen molar-refractivity contribution in [3.8, 4) is 5.82 Å². The van der Waals surface area contributed by atoms with E-state index in [1.807, 2.05) is 44.1 Å². The number of hydrogen-bond acceptors (Lipinski definition) is 7. The van der Waals surface area contributed by atoms with Gasteiger partial charge in [0.1, 0.15) is 15.8 Å². The number of Topliss-reactive ketones (excluding diaryl/α,β-unsaturated/α-hetero) is 1. The van der Waals surface area contributed by atoms with Crippen molar-refractivity contribution in [1.29, 1.82) is 0 Å². The fraction of sp³-hybridized carbons (Fsp3) is 0.240. The molecule has 0 aliphatic rings. The number of aryl methyl sites for hydroxylation is 1. The van der Waals surface area contributed by atoms with E-state index < -0.39 is 21.4 Å². The SMILES string of the molecule is Cc1ccc2c(=O)n(-c3ccc(CC(=O)CS(=O)(=O)c4ccc(Cl)s4)cn3)cc(CN(C)C)c2c1. The van der Waals surface area contributed by atoms with E-state index >= 15 is 0 Å². The van der Waals surface area contributed by atoms with E-state index in [4.69, 9.17) is 11.6 Å². The van der Waals surface area contributed by atoms with Gasteiger partial charge >= 0.3 is 0 Å². The Bertz CT molecular complexity index is 1570. The van der Waals surface area contributed by atoms with Crippen molar-refractivity contribution < 1.29 is 13.2 Å². The lowest BCUT2D eigenvalue weighted by Crippen LogP contribution is -2.22. The number of carbonyl (C=O) groups is 1. The number of thiophene rings is 1. The molecule has 0 saturated carbocycles. The summed E-state index contributed by atoms with van der Waals surface area (Å²) in [6.07, 6.45) is 3.22. The highest BCUT2D eigenvalue weighted by Crippen LogP contribution is 2.26. The molecule has 7 nitrogen and oxygen atoms in total. The summed E-state index contributed by atoms with van der Waals surface area (Å²) < 4.78 is 26.8. The minimum Gasteiger partial charge on any atom is -0.305 e. The number of carbonyl (C=O) groups excluding carboxylic acids is 1. The Kier molecular flexibility index (Phi) is 7.23. The zero-order valence-corrected chi connectivity index (χ0v) is 21.9. The van der Waals surface area contributed by atoms with E-state index in [9.17, 15) is 18.0 Å². The largest absolute Gasteiger partial charge is 0.305 e. The summed E-state index contributed by atoms with van der Waals surface area (Å²) in [6.45, 7) is 2.64. The molecular formula is C25H24ClN3O4S2. The predicted octanol–water partition coefficient (Wildman–Crippen LogP) is 4.06. The second kappa shape index (κ2) is 10.0. The van der Waals surface area contributed by atoms with Crippen LogP contribution in [0, 0.1) is 6.92 Å². The van der Waals surface area contributed by atoms with Crippen LogP contribution in [-0.4, -0.2) is 48.5 Å². The van der Waals surface area contributed by atoms with Gasteiger partial charge in [0.2, 0.25) is 0 Å². The fourth-order valence-electron chi connectivity index (χ4n) is 3.85. The highest BCUT2D eigenvalue weighted by molar-refractivity contribution is 7.94. The van der Waals surface area contributed by atoms with E-state index in [1.54, 1.807) is 18.3 Å². The lowest BCUT2D eigenvalue weighted by atomic mass is 10.0. The second-order valence-corrected chi connectivity index (χ2v) is 12.6. The summed E-state index contributed by atoms with van der Waals surface area (Å²) in [7, 11) is 0.194. The van der Waals surface area contributed by atoms with Gasteiger partial charge in [-0.25, -0.2) is 13.4 Å². The number of nitrogens with zero attached hydrogens (tertiary/aromatic N) is 3. The molecule has 0 bridgehead atoms. The molecule has 35 heavy (non-hydrogen) atoms. The quantitative estimate of drug-likeness (QED) is 0.342. The highest BCUT2D eigenvalue weighted by Gasteiger charge is 2.21. The summed E-state index contributed by atoms with van der Waals surface area (Å²) in [5.74, 6) is -0.631. The van der Waals surface area contributed by atoms with Crippen molar-refractivity contribution in [3.05, 3.63) is 86.2 Å². The first-order valence-corrected chi connectivity index (χ1v) is 13.6. The third-order valence-corrected chi connectivity index (χ3v) is 8.89. The third kappa shape index (κ3) is 5.70. The number of halogens is 1. The van der Waals surface area contributed by atoms with Gasteiger partial charge in [0, 0.05) is 30.7 Å². The van der Waals surface area contributed by atoms with Gasteiger partial charge in [0.15, 0.2) is 15.6 Å². The maximum atomic E-state index is 13.2. The molecule has 3 aromatic heterocycles. The third-order valence-electron chi connectivity index (χ3n) is 5.41. The molecule has 3 heterocycles. The Balaban J connectivity index is 1.59. The van der Waals surface area contributed by atoms with E-state index in [2.05, 4.69) is 4.98 Å². The topological polar surface area (TPSA) is 89.3 Å². The lowest BCUT2D eigenvalue weighted by molar-refractivity contribution is -0.116. The Morgan fingerprint density at radius 3 is 2.51 bits per heavy atom. The summed E-state index contributed by atoms with van der Waals surface area (Å²) in [5, 5.41) is 1.52. The molecule has 0 atom stereocenters. The average Bonchev–Trinajstić information content (AvgIpc) is 3.23. The molecule has 0 radical (unpaired) electrons. The number of hydrogen-bond donors (Lipinski definition) is 0. The molecule has 4 aromatic rings. The van der Waals surface area contributed by atoms with Crippen LogP contribution in [0.1, 0.15) is 16.7 Å². The molecule has 0 unspecified atom stereocenters. The van der Waals surface area contributed by atoms with Crippen molar-refractivity contribution in [2.24, 2.45) is 0 Å². The molecule has 0 fully saturated rings. The van der Waals surface area contributed by atoms with E-state index in [-0.39, 0.29) is 16.2 Å². The predicted molar refractivity (Wildman–Crippen MR) is 140 cm³/mol. The molecule has 0 spiro atoms. The fourth-order valence-corrected chi connectivity index (χ4v) is 6.66. The van der Waals surface area contributed by atoms with Crippen LogP contribution in [0.4, 0.5) is 0 Å². The van der Waals surface area contributed by atoms with Crippen LogP contribution < -0.4 is 5.56 Å². The van der Waals surface area contributed by atoms with Gasteiger partial charge in [-0.05, 0) is 61.8 Å². The van der Waals surface area contributed by atoms with Crippen LogP contribution in [0.25, 0.3) is 16.6 Å². The molecule has 1 aromatic carbocycles. The van der Waals surface area contributed by atoms with Gasteiger partial charge in [-0.3, -0.25) is 14.2 Å².